The summed E-state index contributed by atoms with van der Waals surface area (Å²) in [6.07, 6.45) is 2.41. The molecule has 21 heavy (non-hydrogen) atoms. The fourth-order valence-electron chi connectivity index (χ4n) is 3.10. The molecular weight excluding hydrogens is 258 g/mol. The number of Topliss-reactive ketones (excluding diaryl/α,β-unsaturated/α-hetero) is 1. The Hall–Kier alpha value is -1.93. The highest BCUT2D eigenvalue weighted by Gasteiger charge is 2.46. The van der Waals surface area contributed by atoms with E-state index in [0.717, 1.165) is 12.8 Å². The molecule has 0 heterocycles. The summed E-state index contributed by atoms with van der Waals surface area (Å²) in [5.41, 5.74) is 2.07. The van der Waals surface area contributed by atoms with Gasteiger partial charge in [0.2, 0.25) is 0 Å². The summed E-state index contributed by atoms with van der Waals surface area (Å²) < 4.78 is 0. The first-order valence-electron chi connectivity index (χ1n) is 7.59. The Bertz CT molecular complexity index is 608. The molecule has 1 fully saturated rings. The van der Waals surface area contributed by atoms with Gasteiger partial charge in [0, 0.05) is 12.5 Å². The molecule has 1 unspecified atom stereocenters. The van der Waals surface area contributed by atoms with Gasteiger partial charge in [0.05, 0.1) is 5.54 Å². The third-order valence-electron chi connectivity index (χ3n) is 4.45. The second-order valence-electron chi connectivity index (χ2n) is 5.94. The first-order valence-corrected chi connectivity index (χ1v) is 7.59. The fourth-order valence-corrected chi connectivity index (χ4v) is 3.10. The number of carbonyl (C=O) groups is 1. The molecule has 0 aliphatic heterocycles. The summed E-state index contributed by atoms with van der Waals surface area (Å²) in [5.74, 6) is 0.342. The van der Waals surface area contributed by atoms with E-state index in [-0.39, 0.29) is 11.6 Å². The summed E-state index contributed by atoms with van der Waals surface area (Å²) in [5, 5.41) is 3.59. The van der Waals surface area contributed by atoms with Gasteiger partial charge in [0.15, 0.2) is 5.78 Å². The maximum atomic E-state index is 12.3. The van der Waals surface area contributed by atoms with Crippen molar-refractivity contribution >= 4 is 5.78 Å². The number of ketones is 1. The van der Waals surface area contributed by atoms with Gasteiger partial charge in [0.1, 0.15) is 0 Å². The van der Waals surface area contributed by atoms with Crippen LogP contribution in [0.1, 0.15) is 36.9 Å². The minimum atomic E-state index is -0.378. The lowest BCUT2D eigenvalue weighted by molar-refractivity contribution is -0.133. The minimum Gasteiger partial charge on any atom is -0.298 e. The van der Waals surface area contributed by atoms with Gasteiger partial charge in [0.25, 0.3) is 0 Å². The van der Waals surface area contributed by atoms with Crippen LogP contribution < -0.4 is 5.32 Å². The Morgan fingerprint density at radius 2 is 1.67 bits per heavy atom. The zero-order valence-electron chi connectivity index (χ0n) is 12.4. The summed E-state index contributed by atoms with van der Waals surface area (Å²) >= 11 is 0. The second-order valence-corrected chi connectivity index (χ2v) is 5.94. The molecule has 0 aromatic heterocycles. The quantitative estimate of drug-likeness (QED) is 0.904. The van der Waals surface area contributed by atoms with Gasteiger partial charge >= 0.3 is 0 Å². The van der Waals surface area contributed by atoms with E-state index in [1.165, 1.54) is 11.1 Å². The lowest BCUT2D eigenvalue weighted by Crippen LogP contribution is -2.61. The smallest absolute Gasteiger partial charge is 0.153 e. The van der Waals surface area contributed by atoms with Crippen LogP contribution in [0.3, 0.4) is 0 Å². The Labute approximate surface area is 126 Å². The van der Waals surface area contributed by atoms with Crippen LogP contribution in [0.25, 0.3) is 0 Å². The van der Waals surface area contributed by atoms with Crippen LogP contribution in [0.2, 0.25) is 0 Å². The molecule has 0 spiro atoms. The molecule has 2 aromatic rings. The van der Waals surface area contributed by atoms with Crippen LogP contribution in [-0.2, 0) is 11.2 Å². The van der Waals surface area contributed by atoms with E-state index in [9.17, 15) is 4.79 Å². The Kier molecular flexibility index (Phi) is 3.89. The predicted octanol–water partition coefficient (Wildman–Crippen LogP) is 3.68. The van der Waals surface area contributed by atoms with Gasteiger partial charge in [-0.25, -0.2) is 0 Å². The molecule has 0 saturated heterocycles. The molecule has 1 saturated carbocycles. The molecule has 2 atom stereocenters. The summed E-state index contributed by atoms with van der Waals surface area (Å²) in [7, 11) is 0. The van der Waals surface area contributed by atoms with Crippen molar-refractivity contribution in [3.8, 4) is 0 Å². The normalized spacial score (nSPS) is 22.6. The number of hydrogen-bond acceptors (Lipinski definition) is 2. The first-order chi connectivity index (χ1) is 10.2. The number of rotatable bonds is 5. The van der Waals surface area contributed by atoms with Crippen LogP contribution >= 0.6 is 0 Å². The van der Waals surface area contributed by atoms with Gasteiger partial charge in [-0.3, -0.25) is 10.1 Å². The number of benzene rings is 2. The van der Waals surface area contributed by atoms with Crippen LogP contribution in [0, 0.1) is 0 Å². The van der Waals surface area contributed by atoms with Gasteiger partial charge in [-0.15, -0.1) is 0 Å². The number of carbonyl (C=O) groups excluding carboxylic acids is 1. The van der Waals surface area contributed by atoms with Crippen molar-refractivity contribution in [2.75, 3.05) is 0 Å². The average molecular weight is 279 g/mol. The van der Waals surface area contributed by atoms with Gasteiger partial charge in [-0.1, -0.05) is 60.7 Å². The Balaban J connectivity index is 1.77. The largest absolute Gasteiger partial charge is 0.298 e. The molecule has 108 valence electrons. The van der Waals surface area contributed by atoms with Crippen molar-refractivity contribution in [2.45, 2.75) is 37.8 Å². The first kappa shape index (κ1) is 14.0. The highest BCUT2D eigenvalue weighted by Crippen LogP contribution is 2.34. The monoisotopic (exact) mass is 279 g/mol. The maximum absolute atomic E-state index is 12.3. The molecule has 2 aromatic carbocycles. The fraction of sp³-hybridized carbons (Fsp3) is 0.316. The van der Waals surface area contributed by atoms with Crippen molar-refractivity contribution in [1.82, 2.24) is 5.32 Å². The molecule has 1 aliphatic carbocycles. The summed E-state index contributed by atoms with van der Waals surface area (Å²) in [6, 6.07) is 20.8. The van der Waals surface area contributed by atoms with Gasteiger partial charge in [-0.2, -0.15) is 0 Å². The van der Waals surface area contributed by atoms with Crippen LogP contribution in [0.4, 0.5) is 0 Å². The zero-order chi connectivity index (χ0) is 14.7. The molecule has 2 nitrogen and oxygen atoms in total. The van der Waals surface area contributed by atoms with Gasteiger partial charge in [-0.05, 0) is 30.9 Å². The predicted molar refractivity (Wildman–Crippen MR) is 85.1 cm³/mol. The number of hydrogen-bond donors (Lipinski definition) is 1. The molecule has 1 N–H and O–H groups in total. The molecular formula is C19H21NO. The van der Waals surface area contributed by atoms with Crippen molar-refractivity contribution in [1.29, 1.82) is 0 Å². The second kappa shape index (κ2) is 5.82. The van der Waals surface area contributed by atoms with E-state index >= 15 is 0 Å². The lowest BCUT2D eigenvalue weighted by atomic mass is 9.71. The van der Waals surface area contributed by atoms with E-state index < -0.39 is 0 Å². The van der Waals surface area contributed by atoms with E-state index in [2.05, 4.69) is 36.5 Å². The van der Waals surface area contributed by atoms with Crippen molar-refractivity contribution in [3.63, 3.8) is 0 Å². The third-order valence-corrected chi connectivity index (χ3v) is 4.45. The lowest BCUT2D eigenvalue weighted by Gasteiger charge is -2.43. The maximum Gasteiger partial charge on any atom is 0.153 e. The molecule has 2 heteroatoms. The van der Waals surface area contributed by atoms with E-state index in [4.69, 9.17) is 0 Å². The van der Waals surface area contributed by atoms with Crippen LogP contribution in [0.15, 0.2) is 60.7 Å². The molecule has 1 aliphatic rings. The van der Waals surface area contributed by atoms with E-state index in [0.29, 0.717) is 12.2 Å². The topological polar surface area (TPSA) is 29.1 Å². The van der Waals surface area contributed by atoms with E-state index in [1.54, 1.807) is 0 Å². The molecule has 0 bridgehead atoms. The minimum absolute atomic E-state index is 0.180. The van der Waals surface area contributed by atoms with Crippen molar-refractivity contribution in [3.05, 3.63) is 71.8 Å². The molecule has 3 rings (SSSR count). The van der Waals surface area contributed by atoms with Crippen LogP contribution in [0.5, 0.6) is 0 Å². The molecule has 0 amide bonds. The highest BCUT2D eigenvalue weighted by atomic mass is 16.1. The number of nitrogens with one attached hydrogen (secondary N) is 1. The highest BCUT2D eigenvalue weighted by molar-refractivity contribution is 5.94. The van der Waals surface area contributed by atoms with Crippen molar-refractivity contribution < 1.29 is 4.79 Å². The zero-order valence-corrected chi connectivity index (χ0v) is 12.4. The van der Waals surface area contributed by atoms with E-state index in [1.807, 2.05) is 36.4 Å². The average Bonchev–Trinajstić information content (AvgIpc) is 2.54. The molecule has 0 radical (unpaired) electrons. The summed E-state index contributed by atoms with van der Waals surface area (Å²) in [6.45, 7) is 2.13. The SMILES string of the molecule is CC(N[C@]1(Cc2ccccc2)CCC1=O)c1ccccc1. The summed E-state index contributed by atoms with van der Waals surface area (Å²) in [4.78, 5) is 12.3. The Morgan fingerprint density at radius 3 is 2.19 bits per heavy atom. The van der Waals surface area contributed by atoms with Crippen molar-refractivity contribution in [2.24, 2.45) is 0 Å². The third kappa shape index (κ3) is 2.91. The van der Waals surface area contributed by atoms with Crippen LogP contribution in [-0.4, -0.2) is 11.3 Å². The van der Waals surface area contributed by atoms with Gasteiger partial charge < -0.3 is 0 Å². The standard InChI is InChI=1S/C19H21NO/c1-15(17-10-6-3-7-11-17)20-19(13-12-18(19)21)14-16-8-4-2-5-9-16/h2-11,15,20H,12-14H2,1H3/t15?,19-/m0/s1. The Morgan fingerprint density at radius 1 is 1.05 bits per heavy atom.